The van der Waals surface area contributed by atoms with E-state index in [4.69, 9.17) is 0 Å². The van der Waals surface area contributed by atoms with Gasteiger partial charge >= 0.3 is 0 Å². The fourth-order valence-corrected chi connectivity index (χ4v) is 4.88. The van der Waals surface area contributed by atoms with E-state index in [0.717, 1.165) is 6.04 Å². The Labute approximate surface area is 106 Å². The Morgan fingerprint density at radius 3 is 3.06 bits per heavy atom. The van der Waals surface area contributed by atoms with Gasteiger partial charge in [0.15, 0.2) is 0 Å². The molecule has 1 nitrogen and oxygen atoms in total. The van der Waals surface area contributed by atoms with E-state index < -0.39 is 0 Å². The van der Waals surface area contributed by atoms with E-state index in [0.29, 0.717) is 0 Å². The Morgan fingerprint density at radius 1 is 1.12 bits per heavy atom. The topological polar surface area (TPSA) is 3.24 Å². The minimum Gasteiger partial charge on any atom is -0.295 e. The van der Waals surface area contributed by atoms with E-state index in [-0.39, 0.29) is 0 Å². The van der Waals surface area contributed by atoms with Crippen molar-refractivity contribution in [2.75, 3.05) is 13.1 Å². The highest BCUT2D eigenvalue weighted by molar-refractivity contribution is 7.19. The molecule has 2 aliphatic rings. The Kier molecular flexibility index (Phi) is 2.27. The van der Waals surface area contributed by atoms with Gasteiger partial charge in [0.25, 0.3) is 0 Å². The first-order chi connectivity index (χ1) is 8.43. The molecule has 2 heteroatoms. The molecule has 2 aromatic rings. The molecule has 2 aliphatic heterocycles. The molecule has 1 aromatic carbocycles. The van der Waals surface area contributed by atoms with Crippen LogP contribution in [0.15, 0.2) is 24.3 Å². The van der Waals surface area contributed by atoms with Gasteiger partial charge in [-0.15, -0.1) is 11.3 Å². The summed E-state index contributed by atoms with van der Waals surface area (Å²) in [6.45, 7) is 2.59. The van der Waals surface area contributed by atoms with Gasteiger partial charge in [-0.2, -0.15) is 0 Å². The number of benzene rings is 1. The van der Waals surface area contributed by atoms with Crippen LogP contribution in [0.4, 0.5) is 0 Å². The summed E-state index contributed by atoms with van der Waals surface area (Å²) in [6, 6.07) is 9.69. The summed E-state index contributed by atoms with van der Waals surface area (Å²) < 4.78 is 1.49. The Hall–Kier alpha value is -0.860. The van der Waals surface area contributed by atoms with Crippen LogP contribution in [0.2, 0.25) is 0 Å². The quantitative estimate of drug-likeness (QED) is 0.676. The summed E-state index contributed by atoms with van der Waals surface area (Å²) >= 11 is 2.04. The molecule has 0 spiro atoms. The molecular formula is C15H17NS. The number of fused-ring (bicyclic) bond motifs is 5. The van der Waals surface area contributed by atoms with Crippen LogP contribution in [0.25, 0.3) is 10.1 Å². The monoisotopic (exact) mass is 243 g/mol. The van der Waals surface area contributed by atoms with Crippen molar-refractivity contribution in [3.63, 3.8) is 0 Å². The maximum absolute atomic E-state index is 2.71. The summed E-state index contributed by atoms with van der Waals surface area (Å²) in [5.74, 6) is 0. The van der Waals surface area contributed by atoms with Gasteiger partial charge in [-0.1, -0.05) is 24.6 Å². The van der Waals surface area contributed by atoms with Crippen molar-refractivity contribution in [1.29, 1.82) is 0 Å². The summed E-state index contributed by atoms with van der Waals surface area (Å²) in [5, 5.41) is 1.53. The first kappa shape index (κ1) is 10.1. The lowest BCUT2D eigenvalue weighted by atomic mass is 9.92. The van der Waals surface area contributed by atoms with E-state index >= 15 is 0 Å². The van der Waals surface area contributed by atoms with E-state index in [9.17, 15) is 0 Å². The van der Waals surface area contributed by atoms with Crippen LogP contribution in [0.5, 0.6) is 0 Å². The summed E-state index contributed by atoms with van der Waals surface area (Å²) in [5.41, 5.74) is 1.66. The van der Waals surface area contributed by atoms with Crippen molar-refractivity contribution >= 4 is 21.4 Å². The largest absolute Gasteiger partial charge is 0.295 e. The Bertz CT molecular complexity index is 557. The highest BCUT2D eigenvalue weighted by atomic mass is 32.1. The van der Waals surface area contributed by atoms with Crippen LogP contribution in [0, 0.1) is 0 Å². The van der Waals surface area contributed by atoms with Gasteiger partial charge in [-0.25, -0.2) is 0 Å². The molecule has 0 saturated carbocycles. The average molecular weight is 243 g/mol. The molecule has 0 unspecified atom stereocenters. The smallest absolute Gasteiger partial charge is 0.0444 e. The van der Waals surface area contributed by atoms with Crippen molar-refractivity contribution in [3.8, 4) is 0 Å². The normalized spacial score (nSPS) is 24.6. The van der Waals surface area contributed by atoms with Crippen LogP contribution >= 0.6 is 11.3 Å². The van der Waals surface area contributed by atoms with Gasteiger partial charge in [0.2, 0.25) is 0 Å². The molecule has 0 aliphatic carbocycles. The van der Waals surface area contributed by atoms with Crippen molar-refractivity contribution in [3.05, 3.63) is 34.7 Å². The van der Waals surface area contributed by atoms with Crippen LogP contribution in [-0.4, -0.2) is 18.0 Å². The highest BCUT2D eigenvalue weighted by Gasteiger charge is 2.31. The van der Waals surface area contributed by atoms with E-state index in [1.807, 2.05) is 11.3 Å². The Balaban J connectivity index is 1.89. The van der Waals surface area contributed by atoms with Gasteiger partial charge in [-0.3, -0.25) is 4.90 Å². The third kappa shape index (κ3) is 1.47. The average Bonchev–Trinajstić information content (AvgIpc) is 2.78. The maximum Gasteiger partial charge on any atom is 0.0444 e. The fourth-order valence-electron chi connectivity index (χ4n) is 3.46. The molecule has 0 N–H and O–H groups in total. The van der Waals surface area contributed by atoms with Gasteiger partial charge in [0.05, 0.1) is 0 Å². The molecule has 17 heavy (non-hydrogen) atoms. The van der Waals surface area contributed by atoms with Crippen LogP contribution in [-0.2, 0) is 6.42 Å². The van der Waals surface area contributed by atoms with Crippen molar-refractivity contribution < 1.29 is 0 Å². The fraction of sp³-hybridized carbons (Fsp3) is 0.467. The predicted molar refractivity (Wildman–Crippen MR) is 73.7 cm³/mol. The number of rotatable bonds is 0. The second-order valence-corrected chi connectivity index (χ2v) is 6.32. The number of thiophene rings is 1. The molecule has 0 bridgehead atoms. The van der Waals surface area contributed by atoms with Crippen molar-refractivity contribution in [1.82, 2.24) is 4.90 Å². The minimum absolute atomic E-state index is 0.741. The third-order valence-corrected chi connectivity index (χ3v) is 5.61. The maximum atomic E-state index is 2.71. The second-order valence-electron chi connectivity index (χ2n) is 5.24. The van der Waals surface area contributed by atoms with E-state index in [1.165, 1.54) is 48.9 Å². The van der Waals surface area contributed by atoms with Crippen LogP contribution in [0.3, 0.4) is 0 Å². The molecule has 3 heterocycles. The molecule has 0 radical (unpaired) electrons. The molecule has 88 valence electrons. The zero-order valence-corrected chi connectivity index (χ0v) is 10.8. The van der Waals surface area contributed by atoms with Gasteiger partial charge in [0, 0.05) is 22.2 Å². The molecule has 1 aromatic heterocycles. The predicted octanol–water partition coefficient (Wildman–Crippen LogP) is 3.98. The molecule has 4 rings (SSSR count). The molecular weight excluding hydrogens is 226 g/mol. The van der Waals surface area contributed by atoms with Crippen molar-refractivity contribution in [2.24, 2.45) is 0 Å². The van der Waals surface area contributed by atoms with Gasteiger partial charge < -0.3 is 0 Å². The first-order valence-electron chi connectivity index (χ1n) is 6.68. The lowest BCUT2D eigenvalue weighted by Gasteiger charge is -2.39. The molecule has 1 saturated heterocycles. The Morgan fingerprint density at radius 2 is 2.06 bits per heavy atom. The van der Waals surface area contributed by atoms with Gasteiger partial charge in [-0.05, 0) is 42.8 Å². The lowest BCUT2D eigenvalue weighted by molar-refractivity contribution is 0.142. The number of nitrogens with zero attached hydrogens (tertiary/aromatic N) is 1. The molecule has 0 amide bonds. The van der Waals surface area contributed by atoms with Crippen molar-refractivity contribution in [2.45, 2.75) is 31.7 Å². The number of hydrogen-bond acceptors (Lipinski definition) is 2. The zero-order valence-electron chi connectivity index (χ0n) is 9.98. The van der Waals surface area contributed by atoms with Crippen LogP contribution in [0.1, 0.15) is 35.7 Å². The number of hydrogen-bond donors (Lipinski definition) is 0. The summed E-state index contributed by atoms with van der Waals surface area (Å²) in [6.07, 6.45) is 5.45. The summed E-state index contributed by atoms with van der Waals surface area (Å²) in [7, 11) is 0. The van der Waals surface area contributed by atoms with E-state index in [2.05, 4.69) is 29.2 Å². The molecule has 1 fully saturated rings. The first-order valence-corrected chi connectivity index (χ1v) is 7.49. The second kappa shape index (κ2) is 3.82. The number of piperidine rings is 1. The van der Waals surface area contributed by atoms with Gasteiger partial charge in [0.1, 0.15) is 0 Å². The zero-order chi connectivity index (χ0) is 11.2. The standard InChI is InChI=1S/C15H17NS/c1-2-7-14-11(5-1)12-8-10-16-9-4-3-6-13(16)15(12)17-14/h1-2,5,7,13H,3-4,6,8-10H2/t13-/m0/s1. The highest BCUT2D eigenvalue weighted by Crippen LogP contribution is 2.44. The molecule has 1 atom stereocenters. The SMILES string of the molecule is c1ccc2c3c(sc2c1)[C@@H]1CCCCN1CC3. The lowest BCUT2D eigenvalue weighted by Crippen LogP contribution is -2.37. The van der Waals surface area contributed by atoms with Crippen LogP contribution < -0.4 is 0 Å². The minimum atomic E-state index is 0.741. The summed E-state index contributed by atoms with van der Waals surface area (Å²) in [4.78, 5) is 4.39. The van der Waals surface area contributed by atoms with E-state index in [1.54, 1.807) is 10.4 Å². The third-order valence-electron chi connectivity index (χ3n) is 4.29.